The highest BCUT2D eigenvalue weighted by atomic mass is 15.2. The molecule has 88 heavy (non-hydrogen) atoms. The quantitative estimate of drug-likeness (QED) is 0.126. The van der Waals surface area contributed by atoms with Crippen LogP contribution in [0.3, 0.4) is 0 Å². The summed E-state index contributed by atoms with van der Waals surface area (Å²) in [6, 6.07) is 109. The maximum Gasteiger partial charge on any atom is 0.252 e. The van der Waals surface area contributed by atoms with Crippen LogP contribution in [0.15, 0.2) is 309 Å². The molecule has 0 radical (unpaired) electrons. The smallest absolute Gasteiger partial charge is 0.252 e. The number of nitrogens with zero attached hydrogens (tertiary/aromatic N) is 8. The molecule has 17 rings (SSSR count). The first-order chi connectivity index (χ1) is 43.6. The molecule has 12 aromatic carbocycles. The number of hydrogen-bond donors (Lipinski definition) is 0. The van der Waals surface area contributed by atoms with Crippen molar-refractivity contribution in [3.63, 3.8) is 0 Å². The zero-order valence-corrected chi connectivity index (χ0v) is 47.6. The number of anilines is 6. The molecule has 0 bridgehead atoms. The predicted octanol–water partition coefficient (Wildman–Crippen LogP) is 17.5. The second kappa shape index (κ2) is 21.1. The number of rotatable bonds is 10. The van der Waals surface area contributed by atoms with Crippen LogP contribution < -0.4 is 26.2 Å². The van der Waals surface area contributed by atoms with Crippen molar-refractivity contribution in [3.05, 3.63) is 309 Å². The first-order valence-corrected chi connectivity index (χ1v) is 29.8. The van der Waals surface area contributed by atoms with Crippen molar-refractivity contribution < 1.29 is 0 Å². The molecule has 0 atom stereocenters. The lowest BCUT2D eigenvalue weighted by atomic mass is 9.33. The third-order valence-corrected chi connectivity index (χ3v) is 17.3. The van der Waals surface area contributed by atoms with Crippen LogP contribution in [0.1, 0.15) is 0 Å². The van der Waals surface area contributed by atoms with E-state index in [9.17, 15) is 0 Å². The molecule has 9 heteroatoms. The van der Waals surface area contributed by atoms with Crippen LogP contribution >= 0.6 is 0 Å². The Morgan fingerprint density at radius 1 is 0.250 bits per heavy atom. The normalized spacial score (nSPS) is 12.2. The van der Waals surface area contributed by atoms with Gasteiger partial charge in [-0.15, -0.1) is 0 Å². The van der Waals surface area contributed by atoms with E-state index < -0.39 is 0 Å². The second-order valence-corrected chi connectivity index (χ2v) is 22.4. The largest absolute Gasteiger partial charge is 0.311 e. The van der Waals surface area contributed by atoms with Crippen LogP contribution in [-0.4, -0.2) is 36.2 Å². The highest BCUT2D eigenvalue weighted by molar-refractivity contribution is 7.00. The molecule has 0 aliphatic carbocycles. The van der Waals surface area contributed by atoms with Gasteiger partial charge < -0.3 is 14.4 Å². The maximum atomic E-state index is 5.48. The fourth-order valence-electron chi connectivity index (χ4n) is 13.2. The van der Waals surface area contributed by atoms with Crippen LogP contribution in [0.25, 0.3) is 107 Å². The van der Waals surface area contributed by atoms with Gasteiger partial charge in [-0.3, -0.25) is 0 Å². The van der Waals surface area contributed by atoms with Crippen molar-refractivity contribution in [1.82, 2.24) is 29.5 Å². The molecular weight excluding hydrogens is 1070 g/mol. The van der Waals surface area contributed by atoms with Gasteiger partial charge in [-0.2, -0.15) is 0 Å². The second-order valence-electron chi connectivity index (χ2n) is 22.4. The molecule has 8 nitrogen and oxygen atoms in total. The summed E-state index contributed by atoms with van der Waals surface area (Å²) >= 11 is 0. The van der Waals surface area contributed by atoms with Crippen molar-refractivity contribution in [3.8, 4) is 84.9 Å². The summed E-state index contributed by atoms with van der Waals surface area (Å²) in [6.45, 7) is 0.0795. The van der Waals surface area contributed by atoms with Crippen molar-refractivity contribution in [2.75, 3.05) is 9.80 Å². The first kappa shape index (κ1) is 50.7. The van der Waals surface area contributed by atoms with Gasteiger partial charge in [0.05, 0.1) is 28.1 Å². The summed E-state index contributed by atoms with van der Waals surface area (Å²) in [5.41, 5.74) is 23.2. The van der Waals surface area contributed by atoms with Crippen LogP contribution in [-0.2, 0) is 0 Å². The molecular formula is C79H51BN8. The van der Waals surface area contributed by atoms with Gasteiger partial charge in [0.15, 0.2) is 23.3 Å². The zero-order chi connectivity index (χ0) is 58.1. The van der Waals surface area contributed by atoms with E-state index in [2.05, 4.69) is 269 Å². The number of fused-ring (bicyclic) bond motifs is 7. The average molecular weight is 1120 g/mol. The Kier molecular flexibility index (Phi) is 12.1. The van der Waals surface area contributed by atoms with E-state index in [-0.39, 0.29) is 6.71 Å². The van der Waals surface area contributed by atoms with Gasteiger partial charge in [-0.25, -0.2) is 24.9 Å². The minimum atomic E-state index is 0.0795. The van der Waals surface area contributed by atoms with Gasteiger partial charge in [0.1, 0.15) is 0 Å². The maximum absolute atomic E-state index is 5.48. The SMILES string of the molecule is c1ccc(-c2cc(-c3ccc(-n4c5ccccc5c5ccccc54)c(-c4nc(-c5ccccc5)nc(-c5ccc(-c6ccc(N7c8ccccc8B8c9ccccc9N(c9ccccc9)c9cccc7c98)cc6)cc5)n4)c3)nc(-c3ccccc3)n2)cc1. The summed E-state index contributed by atoms with van der Waals surface area (Å²) in [4.78, 5) is 31.4. The molecule has 2 aliphatic rings. The molecule has 15 aromatic rings. The summed E-state index contributed by atoms with van der Waals surface area (Å²) in [5, 5.41) is 2.32. The Morgan fingerprint density at radius 3 is 1.22 bits per heavy atom. The van der Waals surface area contributed by atoms with Crippen molar-refractivity contribution in [1.29, 1.82) is 0 Å². The van der Waals surface area contributed by atoms with Gasteiger partial charge in [0.25, 0.3) is 6.71 Å². The first-order valence-electron chi connectivity index (χ1n) is 29.8. The van der Waals surface area contributed by atoms with Gasteiger partial charge in [0.2, 0.25) is 0 Å². The van der Waals surface area contributed by atoms with E-state index >= 15 is 0 Å². The highest BCUT2D eigenvalue weighted by Crippen LogP contribution is 2.45. The molecule has 5 heterocycles. The van der Waals surface area contributed by atoms with Crippen molar-refractivity contribution in [2.45, 2.75) is 0 Å². The number of hydrogen-bond acceptors (Lipinski definition) is 7. The Morgan fingerprint density at radius 2 is 0.648 bits per heavy atom. The summed E-state index contributed by atoms with van der Waals surface area (Å²) in [7, 11) is 0. The average Bonchev–Trinajstić information content (AvgIpc) is 0.942. The molecule has 0 saturated heterocycles. The fraction of sp³-hybridized carbons (Fsp3) is 0. The fourth-order valence-corrected chi connectivity index (χ4v) is 13.2. The van der Waals surface area contributed by atoms with Crippen LogP contribution in [0.2, 0.25) is 0 Å². The molecule has 410 valence electrons. The summed E-state index contributed by atoms with van der Waals surface area (Å²) < 4.78 is 2.34. The lowest BCUT2D eigenvalue weighted by Gasteiger charge is -2.44. The van der Waals surface area contributed by atoms with Gasteiger partial charge in [0, 0.05) is 78.3 Å². The third kappa shape index (κ3) is 8.58. The van der Waals surface area contributed by atoms with E-state index in [1.165, 1.54) is 39.1 Å². The molecule has 0 fully saturated rings. The molecule has 0 amide bonds. The summed E-state index contributed by atoms with van der Waals surface area (Å²) in [5.74, 6) is 2.30. The Hall–Kier alpha value is -11.8. The van der Waals surface area contributed by atoms with E-state index in [1.54, 1.807) is 0 Å². The van der Waals surface area contributed by atoms with Gasteiger partial charge in [-0.1, -0.05) is 231 Å². The third-order valence-electron chi connectivity index (χ3n) is 17.3. The highest BCUT2D eigenvalue weighted by Gasteiger charge is 2.42. The summed E-state index contributed by atoms with van der Waals surface area (Å²) in [6.07, 6.45) is 0. The molecule has 3 aromatic heterocycles. The van der Waals surface area contributed by atoms with E-state index in [4.69, 9.17) is 24.9 Å². The van der Waals surface area contributed by atoms with E-state index in [0.29, 0.717) is 23.3 Å². The molecule has 0 spiro atoms. The Bertz CT molecular complexity index is 5040. The molecule has 0 N–H and O–H groups in total. The molecule has 0 saturated carbocycles. The Labute approximate surface area is 509 Å². The lowest BCUT2D eigenvalue weighted by Crippen LogP contribution is -2.61. The monoisotopic (exact) mass is 1120 g/mol. The van der Waals surface area contributed by atoms with Crippen LogP contribution in [0.5, 0.6) is 0 Å². The topological polar surface area (TPSA) is 75.9 Å². The van der Waals surface area contributed by atoms with Gasteiger partial charge >= 0.3 is 0 Å². The molecule has 2 aliphatic heterocycles. The zero-order valence-electron chi connectivity index (χ0n) is 47.6. The van der Waals surface area contributed by atoms with E-state index in [0.717, 1.165) is 94.8 Å². The van der Waals surface area contributed by atoms with Crippen molar-refractivity contribution >= 4 is 79.0 Å². The number of benzene rings is 12. The van der Waals surface area contributed by atoms with Gasteiger partial charge in [-0.05, 0) is 106 Å². The standard InChI is InChI=1S/C79H51BN8/c1-5-22-54(23-6-1)66-51-67(82-76(81-66)55-24-7-2-8-25-55)58-46-49-70(88-68-34-17-13-30-61(68)62-31-14-18-35-69(62)88)63(50-58)79-84-77(56-26-9-3-10-27-56)83-78(85-79)57-42-40-52(41-43-57)53-44-47-60(48-45-53)87-72-37-20-16-33-65(72)80-64-32-15-19-36-71(64)86(59-28-11-4-12-29-59)73-38-21-39-74(87)75(73)80/h1-51H. The Balaban J connectivity index is 0.780. The van der Waals surface area contributed by atoms with Crippen LogP contribution in [0, 0.1) is 0 Å². The number of para-hydroxylation sites is 5. The predicted molar refractivity (Wildman–Crippen MR) is 362 cm³/mol. The minimum Gasteiger partial charge on any atom is -0.311 e. The lowest BCUT2D eigenvalue weighted by molar-refractivity contribution is 1.06. The molecule has 0 unspecified atom stereocenters. The van der Waals surface area contributed by atoms with E-state index in [1.807, 2.05) is 54.6 Å². The minimum absolute atomic E-state index is 0.0795. The van der Waals surface area contributed by atoms with Crippen LogP contribution in [0.4, 0.5) is 34.1 Å². The number of aromatic nitrogens is 6. The van der Waals surface area contributed by atoms with Crippen molar-refractivity contribution in [2.24, 2.45) is 0 Å².